The lowest BCUT2D eigenvalue weighted by atomic mass is 10.1. The highest BCUT2D eigenvalue weighted by atomic mass is 19.1. The maximum Gasteiger partial charge on any atom is 0.356 e. The predicted octanol–water partition coefficient (Wildman–Crippen LogP) is 4.14. The minimum atomic E-state index is -1.09. The molecule has 2 aromatic heterocycles. The lowest BCUT2D eigenvalue weighted by Gasteiger charge is -2.10. The molecule has 0 unspecified atom stereocenters. The fourth-order valence-corrected chi connectivity index (χ4v) is 2.21. The number of methoxy groups -OCH3 is 1. The topological polar surface area (TPSA) is 61.3 Å². The number of benzene rings is 1. The van der Waals surface area contributed by atoms with Crippen molar-refractivity contribution in [3.05, 3.63) is 71.9 Å². The monoisotopic (exact) mass is 360 g/mol. The minimum Gasteiger partial charge on any atom is -0.464 e. The summed E-state index contributed by atoms with van der Waals surface area (Å²) in [6, 6.07) is 6.74. The number of hydrogen-bond donors (Lipinski definition) is 0. The van der Waals surface area contributed by atoms with E-state index in [4.69, 9.17) is 4.74 Å². The lowest BCUT2D eigenvalue weighted by molar-refractivity contribution is 0.0594. The standard InChI is InChI=1S/C18H11F3N2O3/c1-25-18(24)15-3-2-12(19)17(23-15)16-13(20)8-11(9-14(16)21)26-10-4-6-22-7-5-10/h2-9H,1H3. The van der Waals surface area contributed by atoms with Crippen LogP contribution in [0.4, 0.5) is 13.2 Å². The van der Waals surface area contributed by atoms with Crippen LogP contribution >= 0.6 is 0 Å². The number of halogens is 3. The van der Waals surface area contributed by atoms with E-state index in [0.717, 1.165) is 31.4 Å². The number of esters is 1. The van der Waals surface area contributed by atoms with Gasteiger partial charge < -0.3 is 9.47 Å². The van der Waals surface area contributed by atoms with Gasteiger partial charge in [-0.05, 0) is 24.3 Å². The SMILES string of the molecule is COC(=O)c1ccc(F)c(-c2c(F)cc(Oc3ccncc3)cc2F)n1. The van der Waals surface area contributed by atoms with Gasteiger partial charge in [0, 0.05) is 24.5 Å². The van der Waals surface area contributed by atoms with Gasteiger partial charge in [-0.25, -0.2) is 22.9 Å². The summed E-state index contributed by atoms with van der Waals surface area (Å²) in [5.74, 6) is -3.84. The van der Waals surface area contributed by atoms with Crippen LogP contribution < -0.4 is 4.74 Å². The Bertz CT molecular complexity index is 942. The molecule has 0 aliphatic heterocycles. The summed E-state index contributed by atoms with van der Waals surface area (Å²) in [5.41, 5.74) is -1.63. The highest BCUT2D eigenvalue weighted by molar-refractivity contribution is 5.87. The zero-order valence-electron chi connectivity index (χ0n) is 13.4. The van der Waals surface area contributed by atoms with Crippen LogP contribution in [0.2, 0.25) is 0 Å². The Morgan fingerprint density at radius 3 is 2.19 bits per heavy atom. The zero-order chi connectivity index (χ0) is 18.7. The van der Waals surface area contributed by atoms with Gasteiger partial charge in [-0.3, -0.25) is 4.98 Å². The number of aromatic nitrogens is 2. The third-order valence-corrected chi connectivity index (χ3v) is 3.38. The van der Waals surface area contributed by atoms with Crippen LogP contribution in [0.5, 0.6) is 11.5 Å². The van der Waals surface area contributed by atoms with E-state index in [2.05, 4.69) is 14.7 Å². The summed E-state index contributed by atoms with van der Waals surface area (Å²) in [4.78, 5) is 19.0. The van der Waals surface area contributed by atoms with E-state index in [9.17, 15) is 18.0 Å². The van der Waals surface area contributed by atoms with E-state index in [1.165, 1.54) is 24.5 Å². The highest BCUT2D eigenvalue weighted by Crippen LogP contribution is 2.32. The molecule has 2 heterocycles. The van der Waals surface area contributed by atoms with Crippen molar-refractivity contribution in [3.8, 4) is 22.8 Å². The molecule has 0 spiro atoms. The van der Waals surface area contributed by atoms with Crippen molar-refractivity contribution in [2.75, 3.05) is 7.11 Å². The molecule has 3 rings (SSSR count). The summed E-state index contributed by atoms with van der Waals surface area (Å²) in [5, 5.41) is 0. The Labute approximate surface area is 146 Å². The summed E-state index contributed by atoms with van der Waals surface area (Å²) < 4.78 is 52.7. The fraction of sp³-hybridized carbons (Fsp3) is 0.0556. The first kappa shape index (κ1) is 17.4. The van der Waals surface area contributed by atoms with Gasteiger partial charge in [0.2, 0.25) is 0 Å². The van der Waals surface area contributed by atoms with Crippen LogP contribution in [-0.4, -0.2) is 23.0 Å². The summed E-state index contributed by atoms with van der Waals surface area (Å²) >= 11 is 0. The second-order valence-electron chi connectivity index (χ2n) is 5.07. The molecule has 0 atom stereocenters. The zero-order valence-corrected chi connectivity index (χ0v) is 13.4. The second kappa shape index (κ2) is 7.22. The van der Waals surface area contributed by atoms with Crippen molar-refractivity contribution in [3.63, 3.8) is 0 Å². The molecule has 0 aliphatic rings. The van der Waals surface area contributed by atoms with Crippen LogP contribution in [-0.2, 0) is 4.74 Å². The van der Waals surface area contributed by atoms with Crippen molar-refractivity contribution >= 4 is 5.97 Å². The first-order valence-corrected chi connectivity index (χ1v) is 7.31. The molecule has 8 heteroatoms. The third kappa shape index (κ3) is 3.49. The largest absolute Gasteiger partial charge is 0.464 e. The molecule has 132 valence electrons. The highest BCUT2D eigenvalue weighted by Gasteiger charge is 2.21. The number of ether oxygens (including phenoxy) is 2. The summed E-state index contributed by atoms with van der Waals surface area (Å²) in [7, 11) is 1.11. The van der Waals surface area contributed by atoms with Crippen molar-refractivity contribution in [1.29, 1.82) is 0 Å². The Morgan fingerprint density at radius 2 is 1.58 bits per heavy atom. The first-order chi connectivity index (χ1) is 12.5. The average molecular weight is 360 g/mol. The summed E-state index contributed by atoms with van der Waals surface area (Å²) in [6.45, 7) is 0. The normalized spacial score (nSPS) is 10.5. The van der Waals surface area contributed by atoms with Gasteiger partial charge in [-0.15, -0.1) is 0 Å². The van der Waals surface area contributed by atoms with Gasteiger partial charge >= 0.3 is 5.97 Å². The molecular weight excluding hydrogens is 349 g/mol. The number of hydrogen-bond acceptors (Lipinski definition) is 5. The van der Waals surface area contributed by atoms with E-state index >= 15 is 0 Å². The Hall–Kier alpha value is -3.42. The molecule has 0 aliphatic carbocycles. The van der Waals surface area contributed by atoms with E-state index in [0.29, 0.717) is 5.75 Å². The van der Waals surface area contributed by atoms with Crippen LogP contribution in [0.3, 0.4) is 0 Å². The van der Waals surface area contributed by atoms with Crippen molar-refractivity contribution < 1.29 is 27.4 Å². The number of carbonyl (C=O) groups excluding carboxylic acids is 1. The van der Waals surface area contributed by atoms with Gasteiger partial charge in [0.25, 0.3) is 0 Å². The quantitative estimate of drug-likeness (QED) is 0.655. The fourth-order valence-electron chi connectivity index (χ4n) is 2.21. The maximum absolute atomic E-state index is 14.4. The number of pyridine rings is 2. The molecule has 1 aromatic carbocycles. The maximum atomic E-state index is 14.4. The van der Waals surface area contributed by atoms with Gasteiger partial charge in [0.05, 0.1) is 12.7 Å². The summed E-state index contributed by atoms with van der Waals surface area (Å²) in [6.07, 6.45) is 2.90. The molecule has 5 nitrogen and oxygen atoms in total. The Kier molecular flexibility index (Phi) is 4.83. The lowest BCUT2D eigenvalue weighted by Crippen LogP contribution is -2.07. The number of nitrogens with zero attached hydrogens (tertiary/aromatic N) is 2. The Balaban J connectivity index is 2.03. The van der Waals surface area contributed by atoms with Crippen LogP contribution in [0.25, 0.3) is 11.3 Å². The first-order valence-electron chi connectivity index (χ1n) is 7.31. The number of rotatable bonds is 4. The van der Waals surface area contributed by atoms with E-state index < -0.39 is 34.7 Å². The molecular formula is C18H11F3N2O3. The van der Waals surface area contributed by atoms with Crippen molar-refractivity contribution in [2.24, 2.45) is 0 Å². The smallest absolute Gasteiger partial charge is 0.356 e. The van der Waals surface area contributed by atoms with Gasteiger partial charge in [-0.1, -0.05) is 0 Å². The number of carbonyl (C=O) groups is 1. The average Bonchev–Trinajstić information content (AvgIpc) is 2.63. The molecule has 0 N–H and O–H groups in total. The van der Waals surface area contributed by atoms with Crippen LogP contribution in [0, 0.1) is 17.5 Å². The molecule has 0 bridgehead atoms. The van der Waals surface area contributed by atoms with Crippen LogP contribution in [0.15, 0.2) is 48.8 Å². The molecule has 0 saturated heterocycles. The third-order valence-electron chi connectivity index (χ3n) is 3.38. The van der Waals surface area contributed by atoms with E-state index in [-0.39, 0.29) is 11.4 Å². The second-order valence-corrected chi connectivity index (χ2v) is 5.07. The van der Waals surface area contributed by atoms with Crippen molar-refractivity contribution in [2.45, 2.75) is 0 Å². The van der Waals surface area contributed by atoms with Gasteiger partial charge in [0.1, 0.15) is 40.3 Å². The molecule has 0 fully saturated rings. The van der Waals surface area contributed by atoms with Gasteiger partial charge in [0.15, 0.2) is 0 Å². The molecule has 3 aromatic rings. The molecule has 26 heavy (non-hydrogen) atoms. The Morgan fingerprint density at radius 1 is 0.923 bits per heavy atom. The molecule has 0 saturated carbocycles. The molecule has 0 amide bonds. The van der Waals surface area contributed by atoms with Gasteiger partial charge in [-0.2, -0.15) is 0 Å². The van der Waals surface area contributed by atoms with Crippen LogP contribution in [0.1, 0.15) is 10.5 Å². The molecule has 0 radical (unpaired) electrons. The predicted molar refractivity (Wildman–Crippen MR) is 85.2 cm³/mol. The van der Waals surface area contributed by atoms with Crippen molar-refractivity contribution in [1.82, 2.24) is 9.97 Å². The van der Waals surface area contributed by atoms with E-state index in [1.54, 1.807) is 0 Å². The minimum absolute atomic E-state index is 0.125. The van der Waals surface area contributed by atoms with E-state index in [1.807, 2.05) is 0 Å².